The van der Waals surface area contributed by atoms with Crippen LogP contribution in [0.4, 0.5) is 0 Å². The van der Waals surface area contributed by atoms with Gasteiger partial charge in [0.25, 0.3) is 0 Å². The van der Waals surface area contributed by atoms with Crippen molar-refractivity contribution in [2.24, 2.45) is 7.05 Å². The van der Waals surface area contributed by atoms with Gasteiger partial charge in [0.1, 0.15) is 17.5 Å². The van der Waals surface area contributed by atoms with Crippen molar-refractivity contribution in [3.8, 4) is 5.75 Å². The number of aryl methyl sites for hydroxylation is 1. The fourth-order valence-corrected chi connectivity index (χ4v) is 3.00. The van der Waals surface area contributed by atoms with Gasteiger partial charge in [-0.25, -0.2) is 0 Å². The highest BCUT2D eigenvalue weighted by molar-refractivity contribution is 6.31. The molecule has 5 heteroatoms. The van der Waals surface area contributed by atoms with Gasteiger partial charge in [0.05, 0.1) is 16.9 Å². The first-order chi connectivity index (χ1) is 9.39. The number of para-hydroxylation sites is 1. The van der Waals surface area contributed by atoms with Gasteiger partial charge in [0, 0.05) is 19.0 Å². The van der Waals surface area contributed by atoms with Crippen molar-refractivity contribution in [2.45, 2.75) is 32.0 Å². The maximum absolute atomic E-state index is 10.7. The van der Waals surface area contributed by atoms with Crippen molar-refractivity contribution in [3.63, 3.8) is 0 Å². The Labute approximate surface area is 122 Å². The first-order valence-corrected chi connectivity index (χ1v) is 6.93. The smallest absolute Gasteiger partial charge is 0.129 e. The lowest BCUT2D eigenvalue weighted by Crippen LogP contribution is -2.25. The number of aliphatic hydroxyl groups excluding tert-OH is 1. The van der Waals surface area contributed by atoms with Crippen molar-refractivity contribution in [1.29, 1.82) is 0 Å². The van der Waals surface area contributed by atoms with E-state index in [0.29, 0.717) is 10.7 Å². The number of fused-ring (bicyclic) bond motifs is 1. The summed E-state index contributed by atoms with van der Waals surface area (Å²) in [6.45, 7) is 4.08. The van der Waals surface area contributed by atoms with Crippen LogP contribution in [0.5, 0.6) is 5.75 Å². The van der Waals surface area contributed by atoms with Crippen molar-refractivity contribution in [1.82, 2.24) is 9.78 Å². The van der Waals surface area contributed by atoms with Crippen LogP contribution in [0.3, 0.4) is 0 Å². The summed E-state index contributed by atoms with van der Waals surface area (Å²) < 4.78 is 7.58. The number of ether oxygens (including phenoxy) is 1. The lowest BCUT2D eigenvalue weighted by molar-refractivity contribution is 0.130. The lowest BCUT2D eigenvalue weighted by Gasteiger charge is -2.20. The highest BCUT2D eigenvalue weighted by atomic mass is 35.5. The van der Waals surface area contributed by atoms with E-state index in [4.69, 9.17) is 16.3 Å². The summed E-state index contributed by atoms with van der Waals surface area (Å²) in [7, 11) is 1.76. The first kappa shape index (κ1) is 13.5. The van der Waals surface area contributed by atoms with Gasteiger partial charge in [-0.15, -0.1) is 0 Å². The largest absolute Gasteiger partial charge is 0.487 e. The molecule has 106 valence electrons. The monoisotopic (exact) mass is 292 g/mol. The topological polar surface area (TPSA) is 47.3 Å². The zero-order valence-corrected chi connectivity index (χ0v) is 12.5. The predicted octanol–water partition coefficient (Wildman–Crippen LogP) is 2.87. The summed E-state index contributed by atoms with van der Waals surface area (Å²) in [6.07, 6.45) is 1.52. The molecule has 1 atom stereocenters. The molecule has 1 N–H and O–H groups in total. The van der Waals surface area contributed by atoms with E-state index in [-0.39, 0.29) is 5.60 Å². The summed E-state index contributed by atoms with van der Waals surface area (Å²) in [5, 5.41) is 15.2. The van der Waals surface area contributed by atoms with Gasteiger partial charge >= 0.3 is 0 Å². The zero-order chi connectivity index (χ0) is 14.5. The first-order valence-electron chi connectivity index (χ1n) is 6.55. The van der Waals surface area contributed by atoms with Crippen molar-refractivity contribution < 1.29 is 9.84 Å². The summed E-state index contributed by atoms with van der Waals surface area (Å²) in [5.74, 6) is 0.766. The van der Waals surface area contributed by atoms with Crippen molar-refractivity contribution in [2.75, 3.05) is 0 Å². The van der Waals surface area contributed by atoms with E-state index in [1.165, 1.54) is 6.20 Å². The van der Waals surface area contributed by atoms with E-state index in [1.54, 1.807) is 11.7 Å². The maximum Gasteiger partial charge on any atom is 0.129 e. The molecule has 1 aromatic carbocycles. The fraction of sp³-hybridized carbons (Fsp3) is 0.400. The molecular weight excluding hydrogens is 276 g/mol. The average molecular weight is 293 g/mol. The van der Waals surface area contributed by atoms with E-state index >= 15 is 0 Å². The highest BCUT2D eigenvalue weighted by Crippen LogP contribution is 2.42. The predicted molar refractivity (Wildman–Crippen MR) is 77.1 cm³/mol. The van der Waals surface area contributed by atoms with Crippen LogP contribution < -0.4 is 4.74 Å². The Kier molecular flexibility index (Phi) is 3.03. The zero-order valence-electron chi connectivity index (χ0n) is 11.7. The summed E-state index contributed by atoms with van der Waals surface area (Å²) in [6, 6.07) is 5.84. The number of hydrogen-bond donors (Lipinski definition) is 1. The van der Waals surface area contributed by atoms with Gasteiger partial charge in [-0.1, -0.05) is 29.8 Å². The summed E-state index contributed by atoms with van der Waals surface area (Å²) in [5.41, 5.74) is 2.19. The molecular formula is C15H17ClN2O2. The molecule has 0 bridgehead atoms. The SMILES string of the molecule is Cn1ncc(Cl)c1C(O)c1cccc2c1OC(C)(C)C2. The Morgan fingerprint density at radius 2 is 2.20 bits per heavy atom. The number of hydrogen-bond acceptors (Lipinski definition) is 3. The van der Waals surface area contributed by atoms with Crippen LogP contribution in [-0.4, -0.2) is 20.5 Å². The molecule has 1 aliphatic heterocycles. The second-order valence-corrected chi connectivity index (χ2v) is 6.19. The average Bonchev–Trinajstić information content (AvgIpc) is 2.86. The molecule has 3 rings (SSSR count). The molecule has 1 aliphatic rings. The fourth-order valence-electron chi connectivity index (χ4n) is 2.73. The molecule has 0 saturated heterocycles. The molecule has 0 aliphatic carbocycles. The molecule has 2 heterocycles. The lowest BCUT2D eigenvalue weighted by atomic mass is 9.98. The van der Waals surface area contributed by atoms with Crippen LogP contribution in [0.2, 0.25) is 5.02 Å². The van der Waals surface area contributed by atoms with Crippen LogP contribution in [-0.2, 0) is 13.5 Å². The molecule has 1 aromatic heterocycles. The molecule has 0 fully saturated rings. The van der Waals surface area contributed by atoms with E-state index in [1.807, 2.05) is 32.0 Å². The van der Waals surface area contributed by atoms with Crippen molar-refractivity contribution >= 4 is 11.6 Å². The number of aromatic nitrogens is 2. The minimum Gasteiger partial charge on any atom is -0.487 e. The van der Waals surface area contributed by atoms with Crippen molar-refractivity contribution in [3.05, 3.63) is 46.2 Å². The maximum atomic E-state index is 10.7. The number of nitrogens with zero attached hydrogens (tertiary/aromatic N) is 2. The number of aliphatic hydroxyl groups is 1. The van der Waals surface area contributed by atoms with Crippen LogP contribution in [0, 0.1) is 0 Å². The minimum atomic E-state index is -0.848. The summed E-state index contributed by atoms with van der Waals surface area (Å²) in [4.78, 5) is 0. The molecule has 1 unspecified atom stereocenters. The molecule has 20 heavy (non-hydrogen) atoms. The second-order valence-electron chi connectivity index (χ2n) is 5.78. The molecule has 4 nitrogen and oxygen atoms in total. The molecule has 0 spiro atoms. The highest BCUT2D eigenvalue weighted by Gasteiger charge is 2.34. The van der Waals surface area contributed by atoms with Gasteiger partial charge in [-0.3, -0.25) is 4.68 Å². The molecule has 0 radical (unpaired) electrons. The van der Waals surface area contributed by atoms with Gasteiger partial charge in [-0.2, -0.15) is 5.10 Å². The number of benzene rings is 1. The van der Waals surface area contributed by atoms with Gasteiger partial charge in [0.15, 0.2) is 0 Å². The molecule has 0 saturated carbocycles. The third kappa shape index (κ3) is 2.09. The van der Waals surface area contributed by atoms with E-state index < -0.39 is 6.10 Å². The Morgan fingerprint density at radius 1 is 1.45 bits per heavy atom. The normalized spacial score (nSPS) is 17.6. The standard InChI is InChI=1S/C15H17ClN2O2/c1-15(2)7-9-5-4-6-10(14(9)20-15)13(19)12-11(16)8-17-18(12)3/h4-6,8,13,19H,7H2,1-3H3. The van der Waals surface area contributed by atoms with Crippen LogP contribution in [0.25, 0.3) is 0 Å². The van der Waals surface area contributed by atoms with E-state index in [2.05, 4.69) is 5.10 Å². The second kappa shape index (κ2) is 4.50. The van der Waals surface area contributed by atoms with Gasteiger partial charge < -0.3 is 9.84 Å². The molecule has 0 amide bonds. The van der Waals surface area contributed by atoms with E-state index in [0.717, 1.165) is 23.3 Å². The Bertz CT molecular complexity index is 644. The minimum absolute atomic E-state index is 0.242. The third-order valence-electron chi connectivity index (χ3n) is 3.61. The van der Waals surface area contributed by atoms with E-state index in [9.17, 15) is 5.11 Å². The number of halogens is 1. The molecule has 2 aromatic rings. The van der Waals surface area contributed by atoms with Crippen LogP contribution in [0.1, 0.15) is 36.8 Å². The quantitative estimate of drug-likeness (QED) is 0.926. The van der Waals surface area contributed by atoms with Gasteiger partial charge in [-0.05, 0) is 19.4 Å². The summed E-state index contributed by atoms with van der Waals surface area (Å²) >= 11 is 6.11. The Hall–Kier alpha value is -1.52. The van der Waals surface area contributed by atoms with Gasteiger partial charge in [0.2, 0.25) is 0 Å². The Balaban J connectivity index is 2.07. The van der Waals surface area contributed by atoms with Crippen LogP contribution >= 0.6 is 11.6 Å². The third-order valence-corrected chi connectivity index (χ3v) is 3.90. The Morgan fingerprint density at radius 3 is 2.85 bits per heavy atom. The van der Waals surface area contributed by atoms with Crippen LogP contribution in [0.15, 0.2) is 24.4 Å². The number of rotatable bonds is 2.